The van der Waals surface area contributed by atoms with Crippen LogP contribution in [-0.2, 0) is 21.1 Å². The Morgan fingerprint density at radius 2 is 1.93 bits per heavy atom. The van der Waals surface area contributed by atoms with Gasteiger partial charge >= 0.3 is 0 Å². The first-order valence-electron chi connectivity index (χ1n) is 10.3. The fraction of sp³-hybridized carbons (Fsp3) is 0.476. The van der Waals surface area contributed by atoms with Gasteiger partial charge in [-0.1, -0.05) is 50.1 Å². The molecule has 1 aromatic heterocycles. The zero-order chi connectivity index (χ0) is 21.6. The van der Waals surface area contributed by atoms with E-state index in [1.165, 1.54) is 12.1 Å². The summed E-state index contributed by atoms with van der Waals surface area (Å²) in [6.45, 7) is 2.10. The Labute approximate surface area is 181 Å². The third-order valence-corrected chi connectivity index (χ3v) is 7.80. The molecule has 0 spiro atoms. The number of H-pyrrole nitrogens is 1. The number of carbonyl (C=O) groups excluding carboxylic acids is 1. The van der Waals surface area contributed by atoms with E-state index in [-0.39, 0.29) is 27.8 Å². The van der Waals surface area contributed by atoms with E-state index in [2.05, 4.69) is 22.2 Å². The maximum absolute atomic E-state index is 12.8. The summed E-state index contributed by atoms with van der Waals surface area (Å²) in [6.07, 6.45) is 8.31. The van der Waals surface area contributed by atoms with Crippen LogP contribution in [0.15, 0.2) is 50.2 Å². The second-order valence-electron chi connectivity index (χ2n) is 7.47. The minimum atomic E-state index is -3.97. The SMILES string of the molecule is CCCCc1ccc(S(=O)(=O)c2cnc(SCC(=O)NC3CCCC3)[nH]c2=O)cc1. The van der Waals surface area contributed by atoms with Crippen LogP contribution in [0.3, 0.4) is 0 Å². The van der Waals surface area contributed by atoms with Gasteiger partial charge in [0.25, 0.3) is 5.56 Å². The van der Waals surface area contributed by atoms with Crippen molar-refractivity contribution in [3.8, 4) is 0 Å². The largest absolute Gasteiger partial charge is 0.353 e. The van der Waals surface area contributed by atoms with E-state index in [0.717, 1.165) is 68.5 Å². The quantitative estimate of drug-likeness (QED) is 0.450. The number of aromatic nitrogens is 2. The second-order valence-corrected chi connectivity index (χ2v) is 10.4. The van der Waals surface area contributed by atoms with Crippen molar-refractivity contribution in [2.24, 2.45) is 0 Å². The lowest BCUT2D eigenvalue weighted by Gasteiger charge is -2.11. The van der Waals surface area contributed by atoms with Crippen LogP contribution in [-0.4, -0.2) is 36.1 Å². The molecule has 0 atom stereocenters. The molecule has 1 aromatic carbocycles. The number of sulfone groups is 1. The van der Waals surface area contributed by atoms with Crippen molar-refractivity contribution in [1.29, 1.82) is 0 Å². The van der Waals surface area contributed by atoms with Gasteiger partial charge in [-0.25, -0.2) is 13.4 Å². The van der Waals surface area contributed by atoms with Crippen molar-refractivity contribution in [2.45, 2.75) is 72.9 Å². The van der Waals surface area contributed by atoms with Crippen molar-refractivity contribution in [2.75, 3.05) is 5.75 Å². The monoisotopic (exact) mass is 449 g/mol. The molecule has 162 valence electrons. The summed E-state index contributed by atoms with van der Waals surface area (Å²) in [5.41, 5.74) is 0.323. The van der Waals surface area contributed by atoms with Crippen LogP contribution in [0.4, 0.5) is 0 Å². The number of carbonyl (C=O) groups is 1. The van der Waals surface area contributed by atoms with Gasteiger partial charge in [-0.05, 0) is 43.4 Å². The number of nitrogens with zero attached hydrogens (tertiary/aromatic N) is 1. The number of nitrogens with one attached hydrogen (secondary N) is 2. The van der Waals surface area contributed by atoms with Crippen LogP contribution in [0.25, 0.3) is 0 Å². The van der Waals surface area contributed by atoms with Crippen LogP contribution < -0.4 is 10.9 Å². The van der Waals surface area contributed by atoms with Gasteiger partial charge in [0.05, 0.1) is 16.8 Å². The van der Waals surface area contributed by atoms with Gasteiger partial charge in [0.15, 0.2) is 10.1 Å². The molecule has 30 heavy (non-hydrogen) atoms. The van der Waals surface area contributed by atoms with E-state index >= 15 is 0 Å². The van der Waals surface area contributed by atoms with E-state index < -0.39 is 20.3 Å². The zero-order valence-electron chi connectivity index (χ0n) is 17.0. The lowest BCUT2D eigenvalue weighted by molar-refractivity contribution is -0.119. The van der Waals surface area contributed by atoms with Gasteiger partial charge in [0.2, 0.25) is 15.7 Å². The molecule has 0 bridgehead atoms. The highest BCUT2D eigenvalue weighted by Crippen LogP contribution is 2.21. The number of unbranched alkanes of at least 4 members (excludes halogenated alkanes) is 1. The van der Waals surface area contributed by atoms with Crippen molar-refractivity contribution in [3.63, 3.8) is 0 Å². The Bertz CT molecular complexity index is 1030. The first-order valence-corrected chi connectivity index (χ1v) is 12.7. The molecule has 1 fully saturated rings. The number of aryl methyl sites for hydroxylation is 1. The molecule has 1 aliphatic rings. The van der Waals surface area contributed by atoms with Crippen LogP contribution in [0, 0.1) is 0 Å². The lowest BCUT2D eigenvalue weighted by Crippen LogP contribution is -2.33. The Morgan fingerprint density at radius 3 is 2.57 bits per heavy atom. The molecule has 0 aliphatic heterocycles. The van der Waals surface area contributed by atoms with Crippen LogP contribution in [0.1, 0.15) is 51.0 Å². The summed E-state index contributed by atoms with van der Waals surface area (Å²) in [7, 11) is -3.97. The normalized spacial score (nSPS) is 14.7. The maximum Gasteiger partial charge on any atom is 0.270 e. The van der Waals surface area contributed by atoms with Gasteiger partial charge in [-0.3, -0.25) is 9.59 Å². The summed E-state index contributed by atoms with van der Waals surface area (Å²) in [5.74, 6) is -0.000455. The molecule has 9 heteroatoms. The Balaban J connectivity index is 1.66. The van der Waals surface area contributed by atoms with Crippen LogP contribution >= 0.6 is 11.8 Å². The summed E-state index contributed by atoms with van der Waals surface area (Å²) in [5, 5.41) is 3.18. The number of amides is 1. The third-order valence-electron chi connectivity index (χ3n) is 5.15. The molecule has 1 heterocycles. The van der Waals surface area contributed by atoms with E-state index in [1.807, 2.05) is 0 Å². The molecule has 3 rings (SSSR count). The predicted molar refractivity (Wildman–Crippen MR) is 116 cm³/mol. The van der Waals surface area contributed by atoms with E-state index in [9.17, 15) is 18.0 Å². The first kappa shape index (κ1) is 22.6. The Morgan fingerprint density at radius 1 is 1.23 bits per heavy atom. The highest BCUT2D eigenvalue weighted by molar-refractivity contribution is 7.99. The van der Waals surface area contributed by atoms with Crippen molar-refractivity contribution >= 4 is 27.5 Å². The van der Waals surface area contributed by atoms with Crippen molar-refractivity contribution in [1.82, 2.24) is 15.3 Å². The van der Waals surface area contributed by atoms with Gasteiger partial charge in [-0.15, -0.1) is 0 Å². The molecule has 2 N–H and O–H groups in total. The standard InChI is InChI=1S/C21H27N3O4S2/c1-2-3-6-15-9-11-17(12-10-15)30(27,28)18-13-22-21(24-20(18)26)29-14-19(25)23-16-7-4-5-8-16/h9-13,16H,2-8,14H2,1H3,(H,23,25)(H,22,24,26). The first-order chi connectivity index (χ1) is 14.4. The number of rotatable bonds is 9. The smallest absolute Gasteiger partial charge is 0.270 e. The number of benzene rings is 1. The molecule has 0 radical (unpaired) electrons. The van der Waals surface area contributed by atoms with E-state index in [0.29, 0.717) is 0 Å². The highest BCUT2D eigenvalue weighted by Gasteiger charge is 2.23. The number of hydrogen-bond donors (Lipinski definition) is 2. The second kappa shape index (κ2) is 10.3. The maximum atomic E-state index is 12.8. The molecular formula is C21H27N3O4S2. The average molecular weight is 450 g/mol. The number of hydrogen-bond acceptors (Lipinski definition) is 6. The molecule has 7 nitrogen and oxygen atoms in total. The predicted octanol–water partition coefficient (Wildman–Crippen LogP) is 3.10. The third kappa shape index (κ3) is 5.72. The minimum absolute atomic E-state index is 0.0615. The summed E-state index contributed by atoms with van der Waals surface area (Å²) in [6, 6.07) is 6.83. The average Bonchev–Trinajstić information content (AvgIpc) is 3.24. The Hall–Kier alpha value is -2.13. The molecule has 0 unspecified atom stereocenters. The van der Waals surface area contributed by atoms with Crippen molar-refractivity contribution in [3.05, 3.63) is 46.4 Å². The van der Waals surface area contributed by atoms with Crippen LogP contribution in [0.5, 0.6) is 0 Å². The molecule has 1 saturated carbocycles. The fourth-order valence-electron chi connectivity index (χ4n) is 3.45. The molecule has 0 saturated heterocycles. The van der Waals surface area contributed by atoms with Crippen molar-refractivity contribution < 1.29 is 13.2 Å². The van der Waals surface area contributed by atoms with E-state index in [4.69, 9.17) is 0 Å². The molecule has 1 aliphatic carbocycles. The highest BCUT2D eigenvalue weighted by atomic mass is 32.2. The van der Waals surface area contributed by atoms with Gasteiger partial charge in [-0.2, -0.15) is 0 Å². The summed E-state index contributed by atoms with van der Waals surface area (Å²) < 4.78 is 25.6. The van der Waals surface area contributed by atoms with E-state index in [1.54, 1.807) is 12.1 Å². The minimum Gasteiger partial charge on any atom is -0.353 e. The number of thioether (sulfide) groups is 1. The Kier molecular flexibility index (Phi) is 7.71. The molecule has 2 aromatic rings. The van der Waals surface area contributed by atoms with Gasteiger partial charge in [0.1, 0.15) is 0 Å². The molecule has 1 amide bonds. The number of aromatic amines is 1. The summed E-state index contributed by atoms with van der Waals surface area (Å²) >= 11 is 1.08. The topological polar surface area (TPSA) is 109 Å². The van der Waals surface area contributed by atoms with Gasteiger partial charge in [0, 0.05) is 6.04 Å². The lowest BCUT2D eigenvalue weighted by atomic mass is 10.1. The zero-order valence-corrected chi connectivity index (χ0v) is 18.7. The van der Waals surface area contributed by atoms with Gasteiger partial charge < -0.3 is 10.3 Å². The summed E-state index contributed by atoms with van der Waals surface area (Å²) in [4.78, 5) is 30.6. The molecular weight excluding hydrogens is 422 g/mol. The van der Waals surface area contributed by atoms with Crippen LogP contribution in [0.2, 0.25) is 0 Å². The fourth-order valence-corrected chi connectivity index (χ4v) is 5.33.